The van der Waals surface area contributed by atoms with E-state index >= 15 is 0 Å². The molecule has 2 N–H and O–H groups in total. The van der Waals surface area contributed by atoms with Crippen LogP contribution >= 0.6 is 23.4 Å². The number of benzene rings is 2. The van der Waals surface area contributed by atoms with Gasteiger partial charge in [0, 0.05) is 41.8 Å². The van der Waals surface area contributed by atoms with E-state index in [0.29, 0.717) is 16.5 Å². The Bertz CT molecular complexity index is 937. The zero-order chi connectivity index (χ0) is 22.9. The minimum Gasteiger partial charge on any atom is -0.495 e. The van der Waals surface area contributed by atoms with Crippen LogP contribution in [-0.2, 0) is 16.1 Å². The Labute approximate surface area is 198 Å². The fourth-order valence-electron chi connectivity index (χ4n) is 3.48. The highest BCUT2D eigenvalue weighted by Crippen LogP contribution is 2.27. The van der Waals surface area contributed by atoms with Gasteiger partial charge in [-0.3, -0.25) is 19.4 Å². The van der Waals surface area contributed by atoms with Gasteiger partial charge in [-0.05, 0) is 42.9 Å². The normalized spacial score (nSPS) is 14.2. The van der Waals surface area contributed by atoms with E-state index < -0.39 is 0 Å². The molecule has 0 radical (unpaired) electrons. The second-order valence-electron chi connectivity index (χ2n) is 7.70. The van der Waals surface area contributed by atoms with Crippen molar-refractivity contribution < 1.29 is 14.3 Å². The van der Waals surface area contributed by atoms with Crippen molar-refractivity contribution in [2.75, 3.05) is 62.5 Å². The van der Waals surface area contributed by atoms with Crippen molar-refractivity contribution in [3.63, 3.8) is 0 Å². The van der Waals surface area contributed by atoms with E-state index in [1.54, 1.807) is 30.1 Å². The molecule has 172 valence electrons. The third kappa shape index (κ3) is 7.70. The standard InChI is InChI=1S/C23H29ClN4O3S/c1-27(16-23(30)26-20-13-18(24)6-7-21(20)31-2)15-22(29)25-19-5-3-4-17(12-19)14-28-8-10-32-11-9-28/h3-7,12-13H,8-11,14-16H2,1-2H3,(H,25,29)(H,26,30). The Morgan fingerprint density at radius 1 is 1.09 bits per heavy atom. The highest BCUT2D eigenvalue weighted by molar-refractivity contribution is 7.99. The van der Waals surface area contributed by atoms with Crippen LogP contribution in [0.5, 0.6) is 5.75 Å². The van der Waals surface area contributed by atoms with Crippen molar-refractivity contribution in [2.45, 2.75) is 6.54 Å². The Kier molecular flexibility index (Phi) is 9.23. The van der Waals surface area contributed by atoms with Crippen molar-refractivity contribution in [2.24, 2.45) is 0 Å². The summed E-state index contributed by atoms with van der Waals surface area (Å²) in [4.78, 5) is 28.9. The molecule has 0 bridgehead atoms. The molecule has 1 aliphatic heterocycles. The predicted octanol–water partition coefficient (Wildman–Crippen LogP) is 3.41. The number of ether oxygens (including phenoxy) is 1. The number of carbonyl (C=O) groups excluding carboxylic acids is 2. The van der Waals surface area contributed by atoms with Gasteiger partial charge in [-0.2, -0.15) is 11.8 Å². The molecule has 0 atom stereocenters. The summed E-state index contributed by atoms with van der Waals surface area (Å²) < 4.78 is 5.24. The molecule has 2 aromatic carbocycles. The number of methoxy groups -OCH3 is 1. The van der Waals surface area contributed by atoms with E-state index in [4.69, 9.17) is 16.3 Å². The zero-order valence-electron chi connectivity index (χ0n) is 18.4. The molecule has 0 aromatic heterocycles. The first-order valence-corrected chi connectivity index (χ1v) is 12.0. The number of amides is 2. The minimum atomic E-state index is -0.262. The predicted molar refractivity (Wildman–Crippen MR) is 132 cm³/mol. The van der Waals surface area contributed by atoms with Gasteiger partial charge < -0.3 is 15.4 Å². The molecule has 1 aliphatic rings. The summed E-state index contributed by atoms with van der Waals surface area (Å²) in [6.07, 6.45) is 0. The second kappa shape index (κ2) is 12.1. The Morgan fingerprint density at radius 3 is 2.53 bits per heavy atom. The molecular weight excluding hydrogens is 448 g/mol. The summed E-state index contributed by atoms with van der Waals surface area (Å²) in [5.74, 6) is 2.42. The lowest BCUT2D eigenvalue weighted by Crippen LogP contribution is -2.36. The maximum atomic E-state index is 12.5. The maximum Gasteiger partial charge on any atom is 0.238 e. The first-order chi connectivity index (χ1) is 15.4. The van der Waals surface area contributed by atoms with Crippen LogP contribution in [0.4, 0.5) is 11.4 Å². The second-order valence-corrected chi connectivity index (χ2v) is 9.36. The minimum absolute atomic E-state index is 0.0517. The van der Waals surface area contributed by atoms with Crippen molar-refractivity contribution in [1.29, 1.82) is 0 Å². The highest BCUT2D eigenvalue weighted by atomic mass is 35.5. The number of nitrogens with zero attached hydrogens (tertiary/aromatic N) is 2. The summed E-state index contributed by atoms with van der Waals surface area (Å²) >= 11 is 7.99. The molecule has 2 amide bonds. The number of thioether (sulfide) groups is 1. The first kappa shape index (κ1) is 24.4. The zero-order valence-corrected chi connectivity index (χ0v) is 20.0. The number of rotatable bonds is 9. The Morgan fingerprint density at radius 2 is 1.81 bits per heavy atom. The van der Waals surface area contributed by atoms with Crippen LogP contribution in [0, 0.1) is 0 Å². The third-order valence-electron chi connectivity index (χ3n) is 4.98. The molecule has 32 heavy (non-hydrogen) atoms. The van der Waals surface area contributed by atoms with Crippen LogP contribution in [0.2, 0.25) is 5.02 Å². The molecule has 2 aromatic rings. The van der Waals surface area contributed by atoms with E-state index in [2.05, 4.69) is 21.6 Å². The number of anilines is 2. The van der Waals surface area contributed by atoms with Gasteiger partial charge in [-0.15, -0.1) is 0 Å². The van der Waals surface area contributed by atoms with E-state index in [9.17, 15) is 9.59 Å². The van der Waals surface area contributed by atoms with Crippen LogP contribution in [0.25, 0.3) is 0 Å². The molecular formula is C23H29ClN4O3S. The summed E-state index contributed by atoms with van der Waals surface area (Å²) in [6, 6.07) is 12.9. The number of hydrogen-bond donors (Lipinski definition) is 2. The molecule has 7 nitrogen and oxygen atoms in total. The van der Waals surface area contributed by atoms with Crippen molar-refractivity contribution in [3.8, 4) is 5.75 Å². The van der Waals surface area contributed by atoms with E-state index in [1.165, 1.54) is 24.2 Å². The van der Waals surface area contributed by atoms with Gasteiger partial charge >= 0.3 is 0 Å². The first-order valence-electron chi connectivity index (χ1n) is 10.4. The average molecular weight is 477 g/mol. The molecule has 3 rings (SSSR count). The van der Waals surface area contributed by atoms with Crippen LogP contribution in [-0.4, -0.2) is 73.5 Å². The number of halogens is 1. The van der Waals surface area contributed by atoms with E-state index in [-0.39, 0.29) is 24.9 Å². The quantitative estimate of drug-likeness (QED) is 0.577. The monoisotopic (exact) mass is 476 g/mol. The summed E-state index contributed by atoms with van der Waals surface area (Å²) in [5.41, 5.74) is 2.44. The van der Waals surface area contributed by atoms with Gasteiger partial charge in [0.05, 0.1) is 25.9 Å². The number of likely N-dealkylation sites (N-methyl/N-ethyl adjacent to an activating group) is 1. The van der Waals surface area contributed by atoms with Gasteiger partial charge in [0.15, 0.2) is 0 Å². The Hall–Kier alpha value is -2.26. The summed E-state index contributed by atoms with van der Waals surface area (Å²) in [5, 5.41) is 6.20. The topological polar surface area (TPSA) is 73.9 Å². The van der Waals surface area contributed by atoms with Crippen LogP contribution < -0.4 is 15.4 Å². The summed E-state index contributed by atoms with van der Waals surface area (Å²) in [6.45, 7) is 3.21. The van der Waals surface area contributed by atoms with Gasteiger partial charge in [0.1, 0.15) is 5.75 Å². The smallest absolute Gasteiger partial charge is 0.238 e. The maximum absolute atomic E-state index is 12.5. The van der Waals surface area contributed by atoms with Crippen LogP contribution in [0.1, 0.15) is 5.56 Å². The van der Waals surface area contributed by atoms with Crippen LogP contribution in [0.15, 0.2) is 42.5 Å². The van der Waals surface area contributed by atoms with Gasteiger partial charge in [-0.25, -0.2) is 0 Å². The van der Waals surface area contributed by atoms with Crippen molar-refractivity contribution in [3.05, 3.63) is 53.1 Å². The van der Waals surface area contributed by atoms with Crippen molar-refractivity contribution in [1.82, 2.24) is 9.80 Å². The van der Waals surface area contributed by atoms with Crippen LogP contribution in [0.3, 0.4) is 0 Å². The number of hydrogen-bond acceptors (Lipinski definition) is 6. The lowest BCUT2D eigenvalue weighted by atomic mass is 10.2. The Balaban J connectivity index is 1.48. The molecule has 0 spiro atoms. The molecule has 1 saturated heterocycles. The van der Waals surface area contributed by atoms with E-state index in [0.717, 1.165) is 25.3 Å². The molecule has 1 fully saturated rings. The summed E-state index contributed by atoms with van der Waals surface area (Å²) in [7, 11) is 3.25. The molecule has 1 heterocycles. The van der Waals surface area contributed by atoms with Gasteiger partial charge in [0.2, 0.25) is 11.8 Å². The highest BCUT2D eigenvalue weighted by Gasteiger charge is 2.14. The molecule has 0 saturated carbocycles. The lowest BCUT2D eigenvalue weighted by molar-refractivity contribution is -0.119. The van der Waals surface area contributed by atoms with E-state index in [1.807, 2.05) is 30.0 Å². The van der Waals surface area contributed by atoms with Crippen molar-refractivity contribution >= 4 is 46.6 Å². The lowest BCUT2D eigenvalue weighted by Gasteiger charge is -2.26. The fraction of sp³-hybridized carbons (Fsp3) is 0.391. The van der Waals surface area contributed by atoms with Gasteiger partial charge in [-0.1, -0.05) is 23.7 Å². The largest absolute Gasteiger partial charge is 0.495 e. The van der Waals surface area contributed by atoms with Gasteiger partial charge in [0.25, 0.3) is 0 Å². The average Bonchev–Trinajstić information content (AvgIpc) is 2.74. The fourth-order valence-corrected chi connectivity index (χ4v) is 4.63. The molecule has 0 unspecified atom stereocenters. The number of nitrogens with one attached hydrogen (secondary N) is 2. The molecule has 9 heteroatoms. The SMILES string of the molecule is COc1ccc(Cl)cc1NC(=O)CN(C)CC(=O)Nc1cccc(CN2CCSCC2)c1. The number of carbonyl (C=O) groups is 2. The molecule has 0 aliphatic carbocycles. The third-order valence-corrected chi connectivity index (χ3v) is 6.16.